The second kappa shape index (κ2) is 3.73. The second-order valence-electron chi connectivity index (χ2n) is 3.55. The Bertz CT molecular complexity index is 167. The third-order valence-corrected chi connectivity index (χ3v) is 4.44. The molecule has 0 aromatic heterocycles. The van der Waals surface area contributed by atoms with Crippen LogP contribution < -0.4 is 0 Å². The zero-order chi connectivity index (χ0) is 8.32. The van der Waals surface area contributed by atoms with Gasteiger partial charge in [-0.3, -0.25) is 4.57 Å². The maximum Gasteiger partial charge on any atom is 0.200 e. The molecule has 11 heavy (non-hydrogen) atoms. The lowest BCUT2D eigenvalue weighted by Crippen LogP contribution is -1.97. The minimum atomic E-state index is -2.64. The summed E-state index contributed by atoms with van der Waals surface area (Å²) in [7, 11) is -2.64. The van der Waals surface area contributed by atoms with Gasteiger partial charge in [0.25, 0.3) is 0 Å². The van der Waals surface area contributed by atoms with Gasteiger partial charge < -0.3 is 4.89 Å². The lowest BCUT2D eigenvalue weighted by Gasteiger charge is -2.06. The molecule has 3 heteroatoms. The predicted molar refractivity (Wildman–Crippen MR) is 47.2 cm³/mol. The van der Waals surface area contributed by atoms with E-state index in [0.29, 0.717) is 18.2 Å². The van der Waals surface area contributed by atoms with Crippen LogP contribution in [-0.2, 0) is 4.57 Å². The van der Waals surface area contributed by atoms with E-state index in [1.165, 1.54) is 12.8 Å². The summed E-state index contributed by atoms with van der Waals surface area (Å²) < 4.78 is 11.1. The van der Waals surface area contributed by atoms with Crippen LogP contribution in [-0.4, -0.2) is 17.2 Å². The summed E-state index contributed by atoms with van der Waals surface area (Å²) in [5.74, 6) is 0.547. The molecule has 0 aromatic rings. The smallest absolute Gasteiger partial charge is 0.200 e. The van der Waals surface area contributed by atoms with E-state index in [2.05, 4.69) is 6.92 Å². The number of unbranched alkanes of at least 4 members (excludes halogenated alkanes) is 1. The molecule has 0 amide bonds. The Balaban J connectivity index is 2.25. The van der Waals surface area contributed by atoms with Gasteiger partial charge in [-0.05, 0) is 18.8 Å². The molecule has 1 aliphatic heterocycles. The normalized spacial score (nSPS) is 37.8. The standard InChI is InChI=1S/C8H17O2P/c1-2-3-4-8-5-6-11(9,10)7-8/h8H,2-7H2,1H3,(H,9,10). The van der Waals surface area contributed by atoms with Crippen LogP contribution in [0.1, 0.15) is 32.6 Å². The van der Waals surface area contributed by atoms with Gasteiger partial charge in [0.05, 0.1) is 0 Å². The first-order valence-electron chi connectivity index (χ1n) is 4.45. The van der Waals surface area contributed by atoms with Crippen LogP contribution in [0.2, 0.25) is 0 Å². The van der Waals surface area contributed by atoms with Crippen molar-refractivity contribution in [3.05, 3.63) is 0 Å². The van der Waals surface area contributed by atoms with E-state index in [4.69, 9.17) is 0 Å². The van der Waals surface area contributed by atoms with Gasteiger partial charge in [-0.2, -0.15) is 0 Å². The van der Waals surface area contributed by atoms with Crippen LogP contribution in [0.3, 0.4) is 0 Å². The number of rotatable bonds is 3. The minimum absolute atomic E-state index is 0.547. The molecule has 1 rings (SSSR count). The monoisotopic (exact) mass is 176 g/mol. The van der Waals surface area contributed by atoms with Crippen molar-refractivity contribution in [2.45, 2.75) is 32.6 Å². The Morgan fingerprint density at radius 2 is 2.36 bits per heavy atom. The Morgan fingerprint density at radius 1 is 1.64 bits per heavy atom. The zero-order valence-electron chi connectivity index (χ0n) is 7.12. The first kappa shape index (κ1) is 9.28. The van der Waals surface area contributed by atoms with E-state index >= 15 is 0 Å². The van der Waals surface area contributed by atoms with Crippen LogP contribution in [0.15, 0.2) is 0 Å². The molecule has 1 N–H and O–H groups in total. The van der Waals surface area contributed by atoms with Gasteiger partial charge in [-0.1, -0.05) is 19.8 Å². The van der Waals surface area contributed by atoms with E-state index in [1.807, 2.05) is 0 Å². The molecule has 66 valence electrons. The summed E-state index contributed by atoms with van der Waals surface area (Å²) in [5.41, 5.74) is 0. The summed E-state index contributed by atoms with van der Waals surface area (Å²) in [6.07, 6.45) is 5.71. The van der Waals surface area contributed by atoms with Crippen LogP contribution in [0.5, 0.6) is 0 Å². The molecule has 2 unspecified atom stereocenters. The molecule has 1 heterocycles. The molecular formula is C8H17O2P. The fraction of sp³-hybridized carbons (Fsp3) is 1.00. The molecule has 0 aromatic carbocycles. The molecule has 2 nitrogen and oxygen atoms in total. The molecule has 0 bridgehead atoms. The highest BCUT2D eigenvalue weighted by atomic mass is 31.2. The molecule has 1 aliphatic rings. The summed E-state index contributed by atoms with van der Waals surface area (Å²) in [5, 5.41) is 0. The Morgan fingerprint density at radius 3 is 2.82 bits per heavy atom. The lowest BCUT2D eigenvalue weighted by atomic mass is 10.0. The fourth-order valence-corrected chi connectivity index (χ4v) is 3.82. The van der Waals surface area contributed by atoms with Crippen LogP contribution in [0, 0.1) is 5.92 Å². The van der Waals surface area contributed by atoms with Crippen molar-refractivity contribution in [2.24, 2.45) is 5.92 Å². The summed E-state index contributed by atoms with van der Waals surface area (Å²) >= 11 is 0. The van der Waals surface area contributed by atoms with Gasteiger partial charge in [0, 0.05) is 12.3 Å². The quantitative estimate of drug-likeness (QED) is 0.670. The van der Waals surface area contributed by atoms with E-state index in [-0.39, 0.29) is 0 Å². The van der Waals surface area contributed by atoms with Crippen molar-refractivity contribution in [1.82, 2.24) is 0 Å². The molecule has 1 saturated heterocycles. The number of hydrogen-bond donors (Lipinski definition) is 1. The van der Waals surface area contributed by atoms with Crippen molar-refractivity contribution in [1.29, 1.82) is 0 Å². The van der Waals surface area contributed by atoms with Crippen molar-refractivity contribution in [3.8, 4) is 0 Å². The third-order valence-electron chi connectivity index (χ3n) is 2.40. The summed E-state index contributed by atoms with van der Waals surface area (Å²) in [6.45, 7) is 2.16. The maximum atomic E-state index is 11.1. The summed E-state index contributed by atoms with van der Waals surface area (Å²) in [4.78, 5) is 9.22. The Kier molecular flexibility index (Phi) is 3.15. The van der Waals surface area contributed by atoms with E-state index in [0.717, 1.165) is 12.8 Å². The first-order chi connectivity index (χ1) is 5.14. The van der Waals surface area contributed by atoms with E-state index < -0.39 is 7.37 Å². The lowest BCUT2D eigenvalue weighted by molar-refractivity contribution is 0.476. The Labute approximate surface area is 68.5 Å². The SMILES string of the molecule is CCCCC1CCP(=O)(O)C1. The van der Waals surface area contributed by atoms with Gasteiger partial charge in [0.15, 0.2) is 0 Å². The molecule has 0 radical (unpaired) electrons. The van der Waals surface area contributed by atoms with Gasteiger partial charge in [-0.15, -0.1) is 0 Å². The van der Waals surface area contributed by atoms with Gasteiger partial charge in [0.2, 0.25) is 7.37 Å². The van der Waals surface area contributed by atoms with Crippen molar-refractivity contribution >= 4 is 7.37 Å². The summed E-state index contributed by atoms with van der Waals surface area (Å²) in [6, 6.07) is 0. The predicted octanol–water partition coefficient (Wildman–Crippen LogP) is 2.47. The molecule has 2 atom stereocenters. The van der Waals surface area contributed by atoms with Crippen molar-refractivity contribution in [2.75, 3.05) is 12.3 Å². The molecule has 0 saturated carbocycles. The largest absolute Gasteiger partial charge is 0.344 e. The molecule has 0 spiro atoms. The Hall–Kier alpha value is 0.190. The fourth-order valence-electron chi connectivity index (χ4n) is 1.70. The van der Waals surface area contributed by atoms with E-state index in [9.17, 15) is 9.46 Å². The number of hydrogen-bond acceptors (Lipinski definition) is 1. The highest BCUT2D eigenvalue weighted by molar-refractivity contribution is 7.58. The van der Waals surface area contributed by atoms with Crippen molar-refractivity contribution < 1.29 is 9.46 Å². The third kappa shape index (κ3) is 2.96. The topological polar surface area (TPSA) is 37.3 Å². The highest BCUT2D eigenvalue weighted by Gasteiger charge is 2.31. The van der Waals surface area contributed by atoms with Gasteiger partial charge >= 0.3 is 0 Å². The average molecular weight is 176 g/mol. The van der Waals surface area contributed by atoms with Gasteiger partial charge in [0.1, 0.15) is 0 Å². The first-order valence-corrected chi connectivity index (χ1v) is 6.48. The molecule has 0 aliphatic carbocycles. The zero-order valence-corrected chi connectivity index (χ0v) is 8.02. The average Bonchev–Trinajstić information content (AvgIpc) is 2.26. The van der Waals surface area contributed by atoms with Crippen LogP contribution >= 0.6 is 7.37 Å². The van der Waals surface area contributed by atoms with Crippen LogP contribution in [0.25, 0.3) is 0 Å². The van der Waals surface area contributed by atoms with Crippen LogP contribution in [0.4, 0.5) is 0 Å². The van der Waals surface area contributed by atoms with Crippen molar-refractivity contribution in [3.63, 3.8) is 0 Å². The second-order valence-corrected chi connectivity index (χ2v) is 6.05. The van der Waals surface area contributed by atoms with E-state index in [1.54, 1.807) is 0 Å². The molecule has 1 fully saturated rings. The molecular weight excluding hydrogens is 159 g/mol. The van der Waals surface area contributed by atoms with Gasteiger partial charge in [-0.25, -0.2) is 0 Å². The maximum absolute atomic E-state index is 11.1. The minimum Gasteiger partial charge on any atom is -0.344 e. The highest BCUT2D eigenvalue weighted by Crippen LogP contribution is 2.51.